The van der Waals surface area contributed by atoms with Crippen LogP contribution in [-0.2, 0) is 16.1 Å². The van der Waals surface area contributed by atoms with E-state index in [2.05, 4.69) is 30.9 Å². The minimum atomic E-state index is -0.507. The van der Waals surface area contributed by atoms with Gasteiger partial charge in [0.1, 0.15) is 6.33 Å². The van der Waals surface area contributed by atoms with Crippen LogP contribution in [0.2, 0.25) is 0 Å². The summed E-state index contributed by atoms with van der Waals surface area (Å²) in [5.74, 6) is 1.11. The molecule has 0 atom stereocenters. The number of rotatable bonds is 8. The summed E-state index contributed by atoms with van der Waals surface area (Å²) < 4.78 is 19.1. The fourth-order valence-electron chi connectivity index (χ4n) is 2.77. The molecule has 13 heteroatoms. The maximum Gasteiger partial charge on any atom is 0.245 e. The largest absolute Gasteiger partial charge is 0.454 e. The Hall–Kier alpha value is -2.61. The molecule has 1 aromatic carbocycles. The fourth-order valence-corrected chi connectivity index (χ4v) is 4.28. The minimum Gasteiger partial charge on any atom is -0.454 e. The van der Waals surface area contributed by atoms with Gasteiger partial charge in [-0.3, -0.25) is 10.0 Å². The lowest BCUT2D eigenvalue weighted by molar-refractivity contribution is -0.130. The number of hydrogen-bond donors (Lipinski definition) is 3. The highest BCUT2D eigenvalue weighted by molar-refractivity contribution is 9.10. The zero-order valence-electron chi connectivity index (χ0n) is 15.5. The van der Waals surface area contributed by atoms with Gasteiger partial charge in [0, 0.05) is 9.37 Å². The van der Waals surface area contributed by atoms with Crippen LogP contribution in [0.4, 0.5) is 5.82 Å². The first-order valence-corrected chi connectivity index (χ1v) is 10.4. The average Bonchev–Trinajstić information content (AvgIpc) is 3.33. The maximum atomic E-state index is 11.1. The van der Waals surface area contributed by atoms with Crippen molar-refractivity contribution in [3.8, 4) is 11.5 Å². The first-order valence-electron chi connectivity index (χ1n) is 8.81. The summed E-state index contributed by atoms with van der Waals surface area (Å²) in [5, 5.41) is 9.17. The van der Waals surface area contributed by atoms with Gasteiger partial charge in [0.2, 0.25) is 12.7 Å². The lowest BCUT2D eigenvalue weighted by Gasteiger charge is -2.10. The number of hydroxylamine groups is 1. The van der Waals surface area contributed by atoms with Crippen molar-refractivity contribution in [2.45, 2.75) is 23.0 Å². The van der Waals surface area contributed by atoms with E-state index in [1.165, 1.54) is 18.1 Å². The summed E-state index contributed by atoms with van der Waals surface area (Å²) in [6.07, 6.45) is 1.44. The molecule has 0 fully saturated rings. The number of hydrogen-bond acceptors (Lipinski definition) is 10. The number of anilines is 1. The first kappa shape index (κ1) is 20.7. The van der Waals surface area contributed by atoms with E-state index >= 15 is 0 Å². The van der Waals surface area contributed by atoms with Crippen molar-refractivity contribution in [1.82, 2.24) is 25.0 Å². The number of nitrogen functional groups attached to an aromatic ring is 1. The first-order chi connectivity index (χ1) is 14.6. The number of fused-ring (bicyclic) bond motifs is 2. The predicted molar refractivity (Wildman–Crippen MR) is 109 cm³/mol. The second kappa shape index (κ2) is 9.04. The zero-order valence-corrected chi connectivity index (χ0v) is 17.9. The molecule has 4 rings (SSSR count). The lowest BCUT2D eigenvalue weighted by atomic mass is 10.3. The number of imidazole rings is 1. The Labute approximate surface area is 183 Å². The van der Waals surface area contributed by atoms with Gasteiger partial charge in [-0.1, -0.05) is 11.8 Å². The summed E-state index contributed by atoms with van der Waals surface area (Å²) in [5.41, 5.74) is 8.63. The molecule has 1 aliphatic rings. The van der Waals surface area contributed by atoms with Gasteiger partial charge in [-0.25, -0.2) is 20.4 Å². The number of carbonyl (C=O) groups excluding carboxylic acids is 1. The van der Waals surface area contributed by atoms with Crippen molar-refractivity contribution in [1.29, 1.82) is 0 Å². The number of aromatic nitrogens is 4. The Balaban J connectivity index is 1.57. The molecule has 158 valence electrons. The smallest absolute Gasteiger partial charge is 0.245 e. The second-order valence-corrected chi connectivity index (χ2v) is 7.98. The molecular formula is C17H17BrN6O5S. The number of carbonyl (C=O) groups is 1. The van der Waals surface area contributed by atoms with Crippen LogP contribution in [-0.4, -0.2) is 50.6 Å². The maximum absolute atomic E-state index is 11.1. The van der Waals surface area contributed by atoms with E-state index in [1.807, 2.05) is 16.7 Å². The topological polar surface area (TPSA) is 147 Å². The molecular weight excluding hydrogens is 480 g/mol. The molecule has 30 heavy (non-hydrogen) atoms. The Morgan fingerprint density at radius 2 is 2.13 bits per heavy atom. The molecule has 0 bridgehead atoms. The third-order valence-corrected chi connectivity index (χ3v) is 6.18. The monoisotopic (exact) mass is 496 g/mol. The zero-order chi connectivity index (χ0) is 21.1. The predicted octanol–water partition coefficient (Wildman–Crippen LogP) is 1.96. The van der Waals surface area contributed by atoms with Gasteiger partial charge < -0.3 is 24.5 Å². The summed E-state index contributed by atoms with van der Waals surface area (Å²) in [4.78, 5) is 24.9. The third kappa shape index (κ3) is 4.28. The number of benzene rings is 1. The van der Waals surface area contributed by atoms with Gasteiger partial charge in [-0.05, 0) is 28.1 Å². The Morgan fingerprint density at radius 3 is 2.93 bits per heavy atom. The van der Waals surface area contributed by atoms with Crippen LogP contribution in [0.25, 0.3) is 11.2 Å². The van der Waals surface area contributed by atoms with E-state index < -0.39 is 5.91 Å². The Bertz CT molecular complexity index is 1090. The van der Waals surface area contributed by atoms with Crippen molar-refractivity contribution < 1.29 is 24.2 Å². The van der Waals surface area contributed by atoms with Crippen LogP contribution >= 0.6 is 27.7 Å². The van der Waals surface area contributed by atoms with Gasteiger partial charge in [-0.2, -0.15) is 0 Å². The number of nitrogens with one attached hydrogen (secondary N) is 1. The van der Waals surface area contributed by atoms with Crippen molar-refractivity contribution in [3.63, 3.8) is 0 Å². The van der Waals surface area contributed by atoms with E-state index in [4.69, 9.17) is 25.2 Å². The molecule has 2 aromatic heterocycles. The quantitative estimate of drug-likeness (QED) is 0.240. The molecule has 11 nitrogen and oxygen atoms in total. The molecule has 3 heterocycles. The van der Waals surface area contributed by atoms with Crippen LogP contribution in [0.1, 0.15) is 6.42 Å². The van der Waals surface area contributed by atoms with E-state index in [-0.39, 0.29) is 25.6 Å². The van der Waals surface area contributed by atoms with Crippen LogP contribution in [0.15, 0.2) is 33.0 Å². The van der Waals surface area contributed by atoms with Crippen LogP contribution in [0, 0.1) is 0 Å². The van der Waals surface area contributed by atoms with Gasteiger partial charge >= 0.3 is 0 Å². The lowest BCUT2D eigenvalue weighted by Crippen LogP contribution is -2.20. The number of nitrogens with zero attached hydrogens (tertiary/aromatic N) is 4. The Kier molecular flexibility index (Phi) is 6.22. The van der Waals surface area contributed by atoms with E-state index in [0.29, 0.717) is 41.0 Å². The highest BCUT2D eigenvalue weighted by Crippen LogP contribution is 2.43. The molecule has 1 amide bonds. The molecule has 0 aliphatic carbocycles. The normalized spacial score (nSPS) is 12.5. The van der Waals surface area contributed by atoms with Crippen molar-refractivity contribution in [3.05, 3.63) is 22.9 Å². The van der Waals surface area contributed by atoms with Gasteiger partial charge in [-0.15, -0.1) is 0 Å². The van der Waals surface area contributed by atoms with Gasteiger partial charge in [0.15, 0.2) is 33.6 Å². The third-order valence-electron chi connectivity index (χ3n) is 4.21. The summed E-state index contributed by atoms with van der Waals surface area (Å²) in [6.45, 7) is 1.10. The number of amides is 1. The highest BCUT2D eigenvalue weighted by Gasteiger charge is 2.20. The molecule has 0 spiro atoms. The van der Waals surface area contributed by atoms with E-state index in [0.717, 1.165) is 9.37 Å². The van der Waals surface area contributed by atoms with Gasteiger partial charge in [0.05, 0.1) is 26.2 Å². The van der Waals surface area contributed by atoms with Crippen molar-refractivity contribution in [2.24, 2.45) is 0 Å². The number of ether oxygens (including phenoxy) is 3. The van der Waals surface area contributed by atoms with Crippen molar-refractivity contribution >= 4 is 50.6 Å². The average molecular weight is 497 g/mol. The summed E-state index contributed by atoms with van der Waals surface area (Å²) in [6, 6.07) is 3.72. The van der Waals surface area contributed by atoms with Crippen molar-refractivity contribution in [2.75, 3.05) is 25.7 Å². The molecule has 1 aliphatic heterocycles. The van der Waals surface area contributed by atoms with Crippen LogP contribution in [0.5, 0.6) is 11.5 Å². The number of halogens is 1. The molecule has 4 N–H and O–H groups in total. The molecule has 0 radical (unpaired) electrons. The summed E-state index contributed by atoms with van der Waals surface area (Å²) in [7, 11) is 0. The highest BCUT2D eigenvalue weighted by atomic mass is 79.9. The van der Waals surface area contributed by atoms with E-state index in [9.17, 15) is 4.79 Å². The van der Waals surface area contributed by atoms with Crippen LogP contribution in [0.3, 0.4) is 0 Å². The molecule has 3 aromatic rings. The second-order valence-electron chi connectivity index (χ2n) is 6.11. The molecule has 0 saturated heterocycles. The molecule has 0 saturated carbocycles. The van der Waals surface area contributed by atoms with E-state index in [1.54, 1.807) is 5.48 Å². The Morgan fingerprint density at radius 1 is 1.33 bits per heavy atom. The molecule has 0 unspecified atom stereocenters. The number of nitrogens with two attached hydrogens (primary N) is 1. The SMILES string of the molecule is Nc1ncnc2c1nc(Sc1cc3c(cc1Br)OCO3)n2CCOCCC(=O)NO. The minimum absolute atomic E-state index is 0.0576. The summed E-state index contributed by atoms with van der Waals surface area (Å²) >= 11 is 4.96. The van der Waals surface area contributed by atoms with Crippen LogP contribution < -0.4 is 20.7 Å². The fraction of sp³-hybridized carbons (Fsp3) is 0.294. The van der Waals surface area contributed by atoms with Gasteiger partial charge in [0.25, 0.3) is 0 Å². The standard InChI is InChI=1S/C17H17BrN6O5S/c18-9-5-10-11(29-8-28-10)6-12(9)30-17-22-14-15(19)20-7-21-16(14)24(17)2-4-27-3-1-13(25)23-26/h5-7,26H,1-4,8H2,(H,23,25)(H2,19,20,21).